The number of ether oxygens (including phenoxy) is 1. The number of nitrogens with zero attached hydrogens (tertiary/aromatic N) is 1. The molecule has 0 unspecified atom stereocenters. The van der Waals surface area contributed by atoms with Crippen LogP contribution in [0.1, 0.15) is 16.7 Å². The van der Waals surface area contributed by atoms with Crippen molar-refractivity contribution in [3.63, 3.8) is 0 Å². The second-order valence-electron chi connectivity index (χ2n) is 7.71. The summed E-state index contributed by atoms with van der Waals surface area (Å²) >= 11 is 0. The summed E-state index contributed by atoms with van der Waals surface area (Å²) in [5.74, 6) is 0.431. The van der Waals surface area contributed by atoms with Gasteiger partial charge in [-0.2, -0.15) is 4.31 Å². The first-order valence-electron chi connectivity index (χ1n) is 10.1. The highest BCUT2D eigenvalue weighted by Crippen LogP contribution is 2.26. The Hall–Kier alpha value is -3.23. The summed E-state index contributed by atoms with van der Waals surface area (Å²) < 4.78 is 44.5. The molecule has 1 N–H and O–H groups in total. The van der Waals surface area contributed by atoms with Crippen LogP contribution >= 0.6 is 0 Å². The average molecular weight is 455 g/mol. The Morgan fingerprint density at radius 1 is 1.00 bits per heavy atom. The van der Waals surface area contributed by atoms with Gasteiger partial charge in [-0.15, -0.1) is 0 Å². The zero-order valence-corrected chi connectivity index (χ0v) is 18.3. The third-order valence-electron chi connectivity index (χ3n) is 5.37. The van der Waals surface area contributed by atoms with Crippen molar-refractivity contribution in [3.05, 3.63) is 95.3 Å². The third kappa shape index (κ3) is 5.15. The van der Waals surface area contributed by atoms with E-state index in [2.05, 4.69) is 5.32 Å². The minimum absolute atomic E-state index is 0.183. The SMILES string of the molecule is CS(=O)(=O)N1Cc2ccccc2C[C@H]1C(=O)NCc1ccc(Oc2ccc(F)cc2)cc1. The van der Waals surface area contributed by atoms with Crippen molar-refractivity contribution in [1.82, 2.24) is 9.62 Å². The van der Waals surface area contributed by atoms with E-state index in [1.54, 1.807) is 24.3 Å². The van der Waals surface area contributed by atoms with E-state index in [-0.39, 0.29) is 24.8 Å². The van der Waals surface area contributed by atoms with Crippen LogP contribution in [0.3, 0.4) is 0 Å². The Kier molecular flexibility index (Phi) is 6.25. The molecule has 1 amide bonds. The number of carbonyl (C=O) groups excluding carboxylic acids is 1. The summed E-state index contributed by atoms with van der Waals surface area (Å²) in [6.07, 6.45) is 1.46. The molecule has 0 saturated carbocycles. The van der Waals surface area contributed by atoms with Gasteiger partial charge in [-0.25, -0.2) is 12.8 Å². The minimum Gasteiger partial charge on any atom is -0.457 e. The largest absolute Gasteiger partial charge is 0.457 e. The van der Waals surface area contributed by atoms with E-state index in [4.69, 9.17) is 4.74 Å². The summed E-state index contributed by atoms with van der Waals surface area (Å²) in [4.78, 5) is 12.9. The summed E-state index contributed by atoms with van der Waals surface area (Å²) in [6.45, 7) is 0.438. The van der Waals surface area contributed by atoms with Gasteiger partial charge < -0.3 is 10.1 Å². The van der Waals surface area contributed by atoms with E-state index in [0.29, 0.717) is 17.9 Å². The smallest absolute Gasteiger partial charge is 0.239 e. The molecule has 3 aromatic rings. The van der Waals surface area contributed by atoms with Gasteiger partial charge in [-0.05, 0) is 59.5 Å². The van der Waals surface area contributed by atoms with Gasteiger partial charge in [0, 0.05) is 13.1 Å². The molecular formula is C24H23FN2O4S. The van der Waals surface area contributed by atoms with Crippen molar-refractivity contribution in [2.75, 3.05) is 6.26 Å². The lowest BCUT2D eigenvalue weighted by molar-refractivity contribution is -0.125. The molecular weight excluding hydrogens is 431 g/mol. The molecule has 3 aromatic carbocycles. The number of carbonyl (C=O) groups is 1. The van der Waals surface area contributed by atoms with Crippen molar-refractivity contribution < 1.29 is 22.3 Å². The summed E-state index contributed by atoms with van der Waals surface area (Å²) in [6, 6.07) is 19.6. The zero-order valence-electron chi connectivity index (χ0n) is 17.5. The van der Waals surface area contributed by atoms with Crippen LogP contribution in [-0.2, 0) is 34.3 Å². The average Bonchev–Trinajstić information content (AvgIpc) is 2.78. The molecule has 0 aliphatic carbocycles. The first kappa shape index (κ1) is 22.0. The van der Waals surface area contributed by atoms with Crippen LogP contribution < -0.4 is 10.1 Å². The third-order valence-corrected chi connectivity index (χ3v) is 6.61. The molecule has 1 atom stereocenters. The number of nitrogens with one attached hydrogen (secondary N) is 1. The zero-order chi connectivity index (χ0) is 22.7. The van der Waals surface area contributed by atoms with Crippen LogP contribution in [0.4, 0.5) is 4.39 Å². The van der Waals surface area contributed by atoms with Gasteiger partial charge in [0.1, 0.15) is 23.4 Å². The minimum atomic E-state index is -3.55. The number of sulfonamides is 1. The molecule has 0 fully saturated rings. The van der Waals surface area contributed by atoms with Crippen molar-refractivity contribution in [1.29, 1.82) is 0 Å². The Bertz CT molecular complexity index is 1210. The van der Waals surface area contributed by atoms with E-state index in [1.165, 1.54) is 16.4 Å². The molecule has 0 radical (unpaired) electrons. The standard InChI is InChI=1S/C24H23FN2O4S/c1-32(29,30)27-16-19-5-3-2-4-18(19)14-23(27)24(28)26-15-17-6-10-21(11-7-17)31-22-12-8-20(25)9-13-22/h2-13,23H,14-16H2,1H3,(H,26,28)/t23-/m0/s1. The van der Waals surface area contributed by atoms with Crippen molar-refractivity contribution in [2.24, 2.45) is 0 Å². The fourth-order valence-electron chi connectivity index (χ4n) is 3.69. The van der Waals surface area contributed by atoms with Crippen LogP contribution in [0.2, 0.25) is 0 Å². The number of amides is 1. The second-order valence-corrected chi connectivity index (χ2v) is 9.65. The molecule has 1 aliphatic heterocycles. The molecule has 6 nitrogen and oxygen atoms in total. The fourth-order valence-corrected chi connectivity index (χ4v) is 4.70. The topological polar surface area (TPSA) is 75.7 Å². The number of rotatable bonds is 6. The second kappa shape index (κ2) is 9.10. The Balaban J connectivity index is 1.40. The molecule has 1 heterocycles. The van der Waals surface area contributed by atoms with Crippen LogP contribution in [0.15, 0.2) is 72.8 Å². The van der Waals surface area contributed by atoms with E-state index in [9.17, 15) is 17.6 Å². The Morgan fingerprint density at radius 2 is 1.59 bits per heavy atom. The van der Waals surface area contributed by atoms with Crippen molar-refractivity contribution in [3.8, 4) is 11.5 Å². The lowest BCUT2D eigenvalue weighted by Gasteiger charge is -2.34. The highest BCUT2D eigenvalue weighted by Gasteiger charge is 2.36. The van der Waals surface area contributed by atoms with Gasteiger partial charge >= 0.3 is 0 Å². The van der Waals surface area contributed by atoms with Crippen molar-refractivity contribution >= 4 is 15.9 Å². The number of benzene rings is 3. The monoisotopic (exact) mass is 454 g/mol. The molecule has 0 saturated heterocycles. The lowest BCUT2D eigenvalue weighted by Crippen LogP contribution is -2.52. The molecule has 0 aromatic heterocycles. The summed E-state index contributed by atoms with van der Waals surface area (Å²) in [5.41, 5.74) is 2.74. The maximum atomic E-state index is 13.0. The summed E-state index contributed by atoms with van der Waals surface area (Å²) in [7, 11) is -3.55. The van der Waals surface area contributed by atoms with Gasteiger partial charge in [-0.3, -0.25) is 4.79 Å². The van der Waals surface area contributed by atoms with E-state index in [1.807, 2.05) is 36.4 Å². The molecule has 0 bridgehead atoms. The van der Waals surface area contributed by atoms with E-state index in [0.717, 1.165) is 22.9 Å². The number of halogens is 1. The van der Waals surface area contributed by atoms with E-state index >= 15 is 0 Å². The highest BCUT2D eigenvalue weighted by atomic mass is 32.2. The van der Waals surface area contributed by atoms with Gasteiger partial charge in [0.15, 0.2) is 0 Å². The van der Waals surface area contributed by atoms with Crippen LogP contribution in [0.25, 0.3) is 0 Å². The molecule has 166 valence electrons. The van der Waals surface area contributed by atoms with Gasteiger partial charge in [0.25, 0.3) is 0 Å². The maximum Gasteiger partial charge on any atom is 0.239 e. The molecule has 8 heteroatoms. The number of fused-ring (bicyclic) bond motifs is 1. The molecule has 4 rings (SSSR count). The Labute approximate surface area is 186 Å². The highest BCUT2D eigenvalue weighted by molar-refractivity contribution is 7.88. The first-order chi connectivity index (χ1) is 15.3. The van der Waals surface area contributed by atoms with Crippen LogP contribution in [0.5, 0.6) is 11.5 Å². The molecule has 32 heavy (non-hydrogen) atoms. The maximum absolute atomic E-state index is 13.0. The molecule has 0 spiro atoms. The van der Waals surface area contributed by atoms with Gasteiger partial charge in [0.2, 0.25) is 15.9 Å². The first-order valence-corrected chi connectivity index (χ1v) is 12.0. The van der Waals surface area contributed by atoms with Crippen molar-refractivity contribution in [2.45, 2.75) is 25.6 Å². The van der Waals surface area contributed by atoms with Crippen LogP contribution in [0, 0.1) is 5.82 Å². The summed E-state index contributed by atoms with van der Waals surface area (Å²) in [5, 5.41) is 2.85. The van der Waals surface area contributed by atoms with E-state index < -0.39 is 16.1 Å². The van der Waals surface area contributed by atoms with Gasteiger partial charge in [-0.1, -0.05) is 36.4 Å². The Morgan fingerprint density at radius 3 is 2.22 bits per heavy atom. The van der Waals surface area contributed by atoms with Crippen LogP contribution in [-0.4, -0.2) is 30.9 Å². The predicted molar refractivity (Wildman–Crippen MR) is 119 cm³/mol. The fraction of sp³-hybridized carbons (Fsp3) is 0.208. The predicted octanol–water partition coefficient (Wildman–Crippen LogP) is 3.62. The number of hydrogen-bond acceptors (Lipinski definition) is 4. The molecule has 1 aliphatic rings. The normalized spacial score (nSPS) is 16.2. The quantitative estimate of drug-likeness (QED) is 0.617. The van der Waals surface area contributed by atoms with Gasteiger partial charge in [0.05, 0.1) is 6.26 Å². The lowest BCUT2D eigenvalue weighted by atomic mass is 9.95. The number of hydrogen-bond donors (Lipinski definition) is 1.